The Morgan fingerprint density at radius 1 is 0.968 bits per heavy atom. The zero-order valence-electron chi connectivity index (χ0n) is 17.8. The predicted molar refractivity (Wildman–Crippen MR) is 124 cm³/mol. The minimum absolute atomic E-state index is 0.185. The second-order valence-electron chi connectivity index (χ2n) is 7.34. The standard InChI is InChI=1S/C24H26N2O4S/c1-18-7-4-5-10-23(18)26(31(3,28)29)16-19-11-13-21(14-12-19)24(27)25-22-9-6-8-20(15-22)17-30-2/h4-15H,16-17H2,1-3H3,(H,25,27). The van der Waals surface area contributed by atoms with Gasteiger partial charge in [0.1, 0.15) is 0 Å². The highest BCUT2D eigenvalue weighted by atomic mass is 32.2. The summed E-state index contributed by atoms with van der Waals surface area (Å²) < 4.78 is 31.3. The summed E-state index contributed by atoms with van der Waals surface area (Å²) in [7, 11) is -1.85. The summed E-state index contributed by atoms with van der Waals surface area (Å²) in [5.74, 6) is -0.236. The number of hydrogen-bond donors (Lipinski definition) is 1. The number of nitrogens with one attached hydrogen (secondary N) is 1. The first-order valence-corrected chi connectivity index (χ1v) is 11.6. The Hall–Kier alpha value is -3.16. The van der Waals surface area contributed by atoms with Gasteiger partial charge in [-0.25, -0.2) is 8.42 Å². The zero-order valence-corrected chi connectivity index (χ0v) is 18.6. The van der Waals surface area contributed by atoms with Gasteiger partial charge < -0.3 is 10.1 Å². The van der Waals surface area contributed by atoms with E-state index in [1.807, 2.05) is 49.4 Å². The smallest absolute Gasteiger partial charge is 0.255 e. The average molecular weight is 439 g/mol. The van der Waals surface area contributed by atoms with Crippen molar-refractivity contribution in [3.05, 3.63) is 95.1 Å². The molecular weight excluding hydrogens is 412 g/mol. The van der Waals surface area contributed by atoms with Crippen LogP contribution in [0.25, 0.3) is 0 Å². The van der Waals surface area contributed by atoms with Crippen molar-refractivity contribution < 1.29 is 17.9 Å². The zero-order chi connectivity index (χ0) is 22.4. The van der Waals surface area contributed by atoms with Gasteiger partial charge in [-0.15, -0.1) is 0 Å². The molecule has 0 fully saturated rings. The van der Waals surface area contributed by atoms with Crippen molar-refractivity contribution in [2.24, 2.45) is 0 Å². The van der Waals surface area contributed by atoms with Crippen molar-refractivity contribution in [2.45, 2.75) is 20.1 Å². The molecule has 0 heterocycles. The number of nitrogens with zero attached hydrogens (tertiary/aromatic N) is 1. The Labute approximate surface area is 183 Å². The van der Waals surface area contributed by atoms with E-state index in [-0.39, 0.29) is 12.5 Å². The molecule has 7 heteroatoms. The molecule has 3 aromatic carbocycles. The van der Waals surface area contributed by atoms with Gasteiger partial charge in [0.25, 0.3) is 5.91 Å². The first-order chi connectivity index (χ1) is 14.8. The quantitative estimate of drug-likeness (QED) is 0.567. The minimum atomic E-state index is -3.47. The predicted octanol–water partition coefficient (Wildman–Crippen LogP) is 4.36. The molecule has 0 saturated carbocycles. The summed E-state index contributed by atoms with van der Waals surface area (Å²) in [5, 5.41) is 2.87. The molecule has 1 N–H and O–H groups in total. The summed E-state index contributed by atoms with van der Waals surface area (Å²) in [6, 6.07) is 21.8. The SMILES string of the molecule is COCc1cccc(NC(=O)c2ccc(CN(c3ccccc3C)S(C)(=O)=O)cc2)c1. The normalized spacial score (nSPS) is 11.2. The molecule has 0 aliphatic rings. The van der Waals surface area contributed by atoms with E-state index >= 15 is 0 Å². The van der Waals surface area contributed by atoms with Crippen molar-refractivity contribution >= 4 is 27.3 Å². The van der Waals surface area contributed by atoms with Gasteiger partial charge in [-0.05, 0) is 53.9 Å². The fourth-order valence-corrected chi connectivity index (χ4v) is 4.21. The number of carbonyl (C=O) groups is 1. The highest BCUT2D eigenvalue weighted by molar-refractivity contribution is 7.92. The number of rotatable bonds is 8. The first kappa shape index (κ1) is 22.5. The Balaban J connectivity index is 1.75. The van der Waals surface area contributed by atoms with E-state index in [4.69, 9.17) is 4.74 Å². The summed E-state index contributed by atoms with van der Waals surface area (Å²) in [4.78, 5) is 12.6. The molecule has 0 radical (unpaired) electrons. The fourth-order valence-electron chi connectivity index (χ4n) is 3.26. The largest absolute Gasteiger partial charge is 0.380 e. The van der Waals surface area contributed by atoms with Crippen molar-refractivity contribution in [3.8, 4) is 0 Å². The minimum Gasteiger partial charge on any atom is -0.380 e. The molecule has 0 atom stereocenters. The van der Waals surface area contributed by atoms with Crippen LogP contribution in [0.1, 0.15) is 27.0 Å². The number of sulfonamides is 1. The van der Waals surface area contributed by atoms with E-state index in [2.05, 4.69) is 5.32 Å². The van der Waals surface area contributed by atoms with Gasteiger partial charge in [-0.1, -0.05) is 42.5 Å². The van der Waals surface area contributed by atoms with Crippen LogP contribution in [0.2, 0.25) is 0 Å². The Bertz CT molecular complexity index is 1160. The molecule has 1 amide bonds. The lowest BCUT2D eigenvalue weighted by atomic mass is 10.1. The third-order valence-electron chi connectivity index (χ3n) is 4.82. The number of benzene rings is 3. The Kier molecular flexibility index (Phi) is 7.09. The summed E-state index contributed by atoms with van der Waals surface area (Å²) in [6.45, 7) is 2.53. The van der Waals surface area contributed by atoms with E-state index in [1.165, 1.54) is 10.6 Å². The van der Waals surface area contributed by atoms with Crippen molar-refractivity contribution in [3.63, 3.8) is 0 Å². The van der Waals surface area contributed by atoms with E-state index in [9.17, 15) is 13.2 Å². The Morgan fingerprint density at radius 2 is 1.68 bits per heavy atom. The molecule has 3 aromatic rings. The first-order valence-electron chi connectivity index (χ1n) is 9.79. The van der Waals surface area contributed by atoms with Gasteiger partial charge in [0, 0.05) is 18.4 Å². The molecule has 0 spiro atoms. The number of anilines is 2. The van der Waals surface area contributed by atoms with Crippen LogP contribution < -0.4 is 9.62 Å². The van der Waals surface area contributed by atoms with Gasteiger partial charge in [0.15, 0.2) is 0 Å². The second-order valence-corrected chi connectivity index (χ2v) is 9.25. The van der Waals surface area contributed by atoms with Crippen molar-refractivity contribution in [1.29, 1.82) is 0 Å². The number of aryl methyl sites for hydroxylation is 1. The van der Waals surface area contributed by atoms with Crippen LogP contribution in [-0.2, 0) is 27.9 Å². The molecule has 0 unspecified atom stereocenters. The molecule has 31 heavy (non-hydrogen) atoms. The molecule has 6 nitrogen and oxygen atoms in total. The summed E-state index contributed by atoms with van der Waals surface area (Å²) in [5.41, 5.74) is 4.44. The molecular formula is C24H26N2O4S. The van der Waals surface area contributed by atoms with E-state index in [1.54, 1.807) is 37.4 Å². The maximum absolute atomic E-state index is 12.6. The molecule has 0 bridgehead atoms. The molecule has 162 valence electrons. The Morgan fingerprint density at radius 3 is 2.32 bits per heavy atom. The number of ether oxygens (including phenoxy) is 1. The molecule has 0 aliphatic heterocycles. The number of methoxy groups -OCH3 is 1. The maximum Gasteiger partial charge on any atom is 0.255 e. The number of amides is 1. The van der Waals surface area contributed by atoms with Crippen LogP contribution in [0.5, 0.6) is 0 Å². The maximum atomic E-state index is 12.6. The molecule has 3 rings (SSSR count). The van der Waals surface area contributed by atoms with Gasteiger partial charge >= 0.3 is 0 Å². The summed E-state index contributed by atoms with van der Waals surface area (Å²) >= 11 is 0. The number of para-hydroxylation sites is 1. The molecule has 0 saturated heterocycles. The van der Waals surface area contributed by atoms with E-state index in [0.29, 0.717) is 23.5 Å². The molecule has 0 aliphatic carbocycles. The highest BCUT2D eigenvalue weighted by Gasteiger charge is 2.19. The lowest BCUT2D eigenvalue weighted by Gasteiger charge is -2.24. The number of hydrogen-bond acceptors (Lipinski definition) is 4. The van der Waals surface area contributed by atoms with Crippen LogP contribution >= 0.6 is 0 Å². The average Bonchev–Trinajstić information content (AvgIpc) is 2.73. The van der Waals surface area contributed by atoms with Crippen LogP contribution in [-0.4, -0.2) is 27.7 Å². The second kappa shape index (κ2) is 9.76. The van der Waals surface area contributed by atoms with Crippen LogP contribution in [0.4, 0.5) is 11.4 Å². The third-order valence-corrected chi connectivity index (χ3v) is 5.95. The molecule has 0 aromatic heterocycles. The topological polar surface area (TPSA) is 75.7 Å². The number of carbonyl (C=O) groups excluding carboxylic acids is 1. The van der Waals surface area contributed by atoms with Gasteiger partial charge in [0.05, 0.1) is 25.1 Å². The van der Waals surface area contributed by atoms with Gasteiger partial charge in [-0.3, -0.25) is 9.10 Å². The van der Waals surface area contributed by atoms with E-state index in [0.717, 1.165) is 16.7 Å². The van der Waals surface area contributed by atoms with E-state index < -0.39 is 10.0 Å². The third kappa shape index (κ3) is 5.93. The van der Waals surface area contributed by atoms with Gasteiger partial charge in [0.2, 0.25) is 10.0 Å². The highest BCUT2D eigenvalue weighted by Crippen LogP contribution is 2.24. The van der Waals surface area contributed by atoms with Crippen LogP contribution in [0.15, 0.2) is 72.8 Å². The monoisotopic (exact) mass is 438 g/mol. The van der Waals surface area contributed by atoms with Crippen LogP contribution in [0.3, 0.4) is 0 Å². The summed E-state index contributed by atoms with van der Waals surface area (Å²) in [6.07, 6.45) is 1.19. The fraction of sp³-hybridized carbons (Fsp3) is 0.208. The lowest BCUT2D eigenvalue weighted by Crippen LogP contribution is -2.29. The van der Waals surface area contributed by atoms with Crippen molar-refractivity contribution in [2.75, 3.05) is 23.0 Å². The van der Waals surface area contributed by atoms with Crippen LogP contribution in [0, 0.1) is 6.92 Å². The lowest BCUT2D eigenvalue weighted by molar-refractivity contribution is 0.102. The van der Waals surface area contributed by atoms with Gasteiger partial charge in [-0.2, -0.15) is 0 Å². The van der Waals surface area contributed by atoms with Crippen molar-refractivity contribution in [1.82, 2.24) is 0 Å².